The van der Waals surface area contributed by atoms with Crippen molar-refractivity contribution >= 4 is 55.2 Å². The molecule has 1 fully saturated rings. The summed E-state index contributed by atoms with van der Waals surface area (Å²) in [7, 11) is 1.50. The zero-order chi connectivity index (χ0) is 28.6. The predicted octanol–water partition coefficient (Wildman–Crippen LogP) is 1.27. The minimum absolute atomic E-state index is 0.0692. The first kappa shape index (κ1) is 29.7. The van der Waals surface area contributed by atoms with E-state index in [1.807, 2.05) is 21.1 Å². The number of nitrogens with one attached hydrogen (secondary N) is 1. The monoisotopic (exact) mass is 649 g/mol. The van der Waals surface area contributed by atoms with Gasteiger partial charge >= 0.3 is 247 Å². The number of amides is 2. The van der Waals surface area contributed by atoms with Crippen molar-refractivity contribution < 1.29 is 19.1 Å². The summed E-state index contributed by atoms with van der Waals surface area (Å²) in [6.45, 7) is 10.6. The Morgan fingerprint density at radius 2 is 1.70 bits per heavy atom. The molecule has 1 saturated heterocycles. The van der Waals surface area contributed by atoms with Crippen LogP contribution < -0.4 is 8.20 Å². The van der Waals surface area contributed by atoms with Crippen LogP contribution in [0, 0.1) is 0 Å². The first-order valence-corrected chi connectivity index (χ1v) is 16.7. The molecule has 4 rings (SSSR count). The van der Waals surface area contributed by atoms with Gasteiger partial charge in [0.05, 0.1) is 0 Å². The van der Waals surface area contributed by atoms with E-state index in [1.54, 1.807) is 35.6 Å². The molecule has 2 aromatic rings. The Morgan fingerprint density at radius 3 is 2.30 bits per heavy atom. The summed E-state index contributed by atoms with van der Waals surface area (Å²) < 4.78 is 7.88. The Kier molecular flexibility index (Phi) is 10.3. The number of benzene rings is 1. The number of allylic oxidation sites excluding steroid dienone is 1. The quantitative estimate of drug-likeness (QED) is 0.360. The maximum absolute atomic E-state index is 13.3. The number of ether oxygens (including phenoxy) is 1. The number of carbonyl (C=O) groups is 3. The molecular formula is C28H36InN7O4. The fraction of sp³-hybridized carbons (Fsp3) is 0.429. The Morgan fingerprint density at radius 1 is 1.02 bits per heavy atom. The van der Waals surface area contributed by atoms with Crippen LogP contribution in [0.5, 0.6) is 0 Å². The van der Waals surface area contributed by atoms with Gasteiger partial charge in [-0.3, -0.25) is 0 Å². The SMILES string of the molecule is CCN(CC)C(C)CNc1cnc([N]2C=C(OC)[C](C(=O)C(=O)N3CCN(C(=O)c4ccccc4)CC3)=[In]2)cn1. The van der Waals surface area contributed by atoms with Crippen LogP contribution in [0.1, 0.15) is 31.1 Å². The van der Waals surface area contributed by atoms with Crippen LogP contribution in [0.25, 0.3) is 0 Å². The van der Waals surface area contributed by atoms with Crippen molar-refractivity contribution in [2.24, 2.45) is 0 Å². The molecule has 0 saturated carbocycles. The Labute approximate surface area is 246 Å². The zero-order valence-electron chi connectivity index (χ0n) is 23.5. The number of rotatable bonds is 11. The van der Waals surface area contributed by atoms with Crippen LogP contribution in [0.2, 0.25) is 0 Å². The summed E-state index contributed by atoms with van der Waals surface area (Å²) in [5.74, 6) is 0.573. The van der Waals surface area contributed by atoms with Gasteiger partial charge in [-0.15, -0.1) is 0 Å². The van der Waals surface area contributed by atoms with E-state index in [-0.39, 0.29) is 5.91 Å². The van der Waals surface area contributed by atoms with Crippen molar-refractivity contribution in [3.63, 3.8) is 0 Å². The number of carbonyl (C=O) groups excluding carboxylic acids is 3. The summed E-state index contributed by atoms with van der Waals surface area (Å²) in [4.78, 5) is 53.8. The zero-order valence-corrected chi connectivity index (χ0v) is 26.8. The molecule has 1 aromatic heterocycles. The molecule has 1 aromatic carbocycles. The number of aromatic nitrogens is 2. The van der Waals surface area contributed by atoms with E-state index in [4.69, 9.17) is 4.74 Å². The number of likely N-dealkylation sites (N-methyl/N-ethyl adjacent to an activating group) is 1. The molecular weight excluding hydrogens is 613 g/mol. The number of Topliss-reactive ketones (excluding diaryl/α,β-unsaturated/α-hetero) is 1. The number of hydrogen-bond acceptors (Lipinski definition) is 9. The average Bonchev–Trinajstić information content (AvgIpc) is 3.45. The van der Waals surface area contributed by atoms with E-state index in [1.165, 1.54) is 12.0 Å². The van der Waals surface area contributed by atoms with Gasteiger partial charge in [0.25, 0.3) is 0 Å². The number of anilines is 2. The van der Waals surface area contributed by atoms with Crippen molar-refractivity contribution in [3.8, 4) is 0 Å². The van der Waals surface area contributed by atoms with Crippen molar-refractivity contribution in [2.45, 2.75) is 26.8 Å². The minimum atomic E-state index is -1.95. The van der Waals surface area contributed by atoms with Crippen molar-refractivity contribution in [3.05, 3.63) is 60.2 Å². The standard InChI is InChI=1S/C28H37N7O4.In/c1-5-33(6-2)21(3)17-29-25-19-32-26(20-31-25)30-18-23(39-4)16-24(36)28(38)35-14-12-34(13-15-35)27(37)22-10-8-7-9-11-22;/h7-11,18-21H,5-6,12-15,17H2,1-4H3,(H2,29,30,31,32,36,38);/q;+1/p-1. The van der Waals surface area contributed by atoms with E-state index in [0.29, 0.717) is 58.4 Å². The van der Waals surface area contributed by atoms with E-state index >= 15 is 0 Å². The van der Waals surface area contributed by atoms with Crippen LogP contribution in [0.3, 0.4) is 0 Å². The molecule has 0 aliphatic carbocycles. The van der Waals surface area contributed by atoms with Crippen molar-refractivity contribution in [2.75, 3.05) is 61.1 Å². The molecule has 0 radical (unpaired) electrons. The Bertz CT molecular complexity index is 1260. The van der Waals surface area contributed by atoms with Gasteiger partial charge < -0.3 is 0 Å². The molecule has 2 aliphatic rings. The summed E-state index contributed by atoms with van der Waals surface area (Å²) in [5.41, 5.74) is 0.615. The second-order valence-corrected chi connectivity index (χ2v) is 13.6. The van der Waals surface area contributed by atoms with E-state index in [9.17, 15) is 14.4 Å². The summed E-state index contributed by atoms with van der Waals surface area (Å²) >= 11 is -1.95. The van der Waals surface area contributed by atoms with Crippen LogP contribution in [0.4, 0.5) is 11.6 Å². The molecule has 0 spiro atoms. The molecule has 12 heteroatoms. The number of hydrogen-bond donors (Lipinski definition) is 1. The van der Waals surface area contributed by atoms with Gasteiger partial charge in [0, 0.05) is 0 Å². The van der Waals surface area contributed by atoms with Crippen LogP contribution in [-0.2, 0) is 14.3 Å². The van der Waals surface area contributed by atoms with E-state index in [0.717, 1.165) is 19.6 Å². The molecule has 210 valence electrons. The van der Waals surface area contributed by atoms with Gasteiger partial charge in [0.1, 0.15) is 0 Å². The summed E-state index contributed by atoms with van der Waals surface area (Å²) in [5, 5.41) is 3.34. The summed E-state index contributed by atoms with van der Waals surface area (Å²) in [6.07, 6.45) is 5.12. The second kappa shape index (κ2) is 13.9. The number of piperazine rings is 1. The average molecular weight is 649 g/mol. The third kappa shape index (κ3) is 6.90. The molecule has 1 N–H and O–H groups in total. The molecule has 11 nitrogen and oxygen atoms in total. The molecule has 40 heavy (non-hydrogen) atoms. The van der Waals surface area contributed by atoms with Gasteiger partial charge in [-0.2, -0.15) is 0 Å². The fourth-order valence-electron chi connectivity index (χ4n) is 4.81. The summed E-state index contributed by atoms with van der Waals surface area (Å²) in [6, 6.07) is 9.43. The fourth-order valence-corrected chi connectivity index (χ4v) is 8.56. The van der Waals surface area contributed by atoms with E-state index < -0.39 is 34.4 Å². The van der Waals surface area contributed by atoms with Gasteiger partial charge in [-0.1, -0.05) is 0 Å². The second-order valence-electron chi connectivity index (χ2n) is 9.64. The van der Waals surface area contributed by atoms with Gasteiger partial charge in [0.2, 0.25) is 0 Å². The molecule has 0 bridgehead atoms. The van der Waals surface area contributed by atoms with Gasteiger partial charge in [-0.25, -0.2) is 0 Å². The Hall–Kier alpha value is -3.25. The topological polar surface area (TPSA) is 111 Å². The number of ketones is 1. The van der Waals surface area contributed by atoms with Crippen LogP contribution in [-0.4, -0.2) is 127 Å². The molecule has 2 aliphatic heterocycles. The van der Waals surface area contributed by atoms with Gasteiger partial charge in [-0.05, 0) is 0 Å². The molecule has 1 atom stereocenters. The van der Waals surface area contributed by atoms with Crippen LogP contribution in [0.15, 0.2) is 54.7 Å². The molecule has 2 amide bonds. The van der Waals surface area contributed by atoms with Crippen molar-refractivity contribution in [1.29, 1.82) is 0 Å². The normalized spacial score (nSPS) is 15.8. The first-order valence-electron chi connectivity index (χ1n) is 13.6. The molecule has 1 unspecified atom stereocenters. The number of nitrogens with zero attached hydrogens (tertiary/aromatic N) is 6. The third-order valence-electron chi connectivity index (χ3n) is 7.24. The van der Waals surface area contributed by atoms with Gasteiger partial charge in [0.15, 0.2) is 0 Å². The first-order chi connectivity index (χ1) is 19.4. The number of methoxy groups -OCH3 is 1. The maximum atomic E-state index is 13.3. The van der Waals surface area contributed by atoms with E-state index in [2.05, 4.69) is 41.0 Å². The van der Waals surface area contributed by atoms with Crippen LogP contribution >= 0.6 is 0 Å². The van der Waals surface area contributed by atoms with Crippen molar-refractivity contribution in [1.82, 2.24) is 24.7 Å². The molecule has 3 heterocycles. The Balaban J connectivity index is 1.36. The predicted molar refractivity (Wildman–Crippen MR) is 155 cm³/mol. The third-order valence-corrected chi connectivity index (χ3v) is 11.5.